The van der Waals surface area contributed by atoms with Gasteiger partial charge in [0, 0.05) is 0 Å². The fourth-order valence-corrected chi connectivity index (χ4v) is 1.67. The number of aliphatic hydroxyl groups excluding tert-OH is 1. The molecule has 24 heavy (non-hydrogen) atoms. The lowest BCUT2D eigenvalue weighted by molar-refractivity contribution is -0.00313. The molecule has 0 bridgehead atoms. The Morgan fingerprint density at radius 2 is 1.33 bits per heavy atom. The van der Waals surface area contributed by atoms with Gasteiger partial charge >= 0.3 is 13.1 Å². The van der Waals surface area contributed by atoms with Crippen LogP contribution < -0.4 is 5.46 Å². The molecule has 0 spiro atoms. The molecule has 1 aromatic carbocycles. The molecule has 1 aromatic rings. The van der Waals surface area contributed by atoms with Gasteiger partial charge < -0.3 is 34.1 Å². The van der Waals surface area contributed by atoms with Gasteiger partial charge in [-0.25, -0.2) is 4.79 Å². The summed E-state index contributed by atoms with van der Waals surface area (Å²) in [6.07, 6.45) is 0. The van der Waals surface area contributed by atoms with Crippen LogP contribution in [-0.4, -0.2) is 81.1 Å². The summed E-state index contributed by atoms with van der Waals surface area (Å²) in [6, 6.07) is 5.81. The van der Waals surface area contributed by atoms with Crippen LogP contribution in [0.2, 0.25) is 0 Å². The van der Waals surface area contributed by atoms with E-state index in [1.165, 1.54) is 24.3 Å². The van der Waals surface area contributed by atoms with Crippen molar-refractivity contribution in [3.8, 4) is 0 Å². The van der Waals surface area contributed by atoms with E-state index in [4.69, 9.17) is 34.1 Å². The Kier molecular flexibility index (Phi) is 11.0. The molecule has 0 heterocycles. The van der Waals surface area contributed by atoms with E-state index in [-0.39, 0.29) is 19.8 Å². The molecule has 0 aliphatic heterocycles. The summed E-state index contributed by atoms with van der Waals surface area (Å²) < 4.78 is 20.5. The van der Waals surface area contributed by atoms with E-state index in [0.29, 0.717) is 44.1 Å². The van der Waals surface area contributed by atoms with Crippen molar-refractivity contribution in [3.63, 3.8) is 0 Å². The maximum absolute atomic E-state index is 11.7. The van der Waals surface area contributed by atoms with Gasteiger partial charge in [-0.3, -0.25) is 0 Å². The summed E-state index contributed by atoms with van der Waals surface area (Å²) >= 11 is 0. The molecule has 8 nitrogen and oxygen atoms in total. The predicted octanol–water partition coefficient (Wildman–Crippen LogP) is -1.43. The minimum atomic E-state index is -1.56. The molecule has 9 heteroatoms. The van der Waals surface area contributed by atoms with Crippen LogP contribution in [0.5, 0.6) is 0 Å². The molecular formula is C15H23BO8. The van der Waals surface area contributed by atoms with E-state index in [9.17, 15) is 4.79 Å². The van der Waals surface area contributed by atoms with Gasteiger partial charge in [-0.05, 0) is 17.6 Å². The molecule has 0 aliphatic rings. The predicted molar refractivity (Wildman–Crippen MR) is 86.1 cm³/mol. The Hall–Kier alpha value is -1.49. The highest BCUT2D eigenvalue weighted by atomic mass is 16.6. The topological polar surface area (TPSA) is 115 Å². The van der Waals surface area contributed by atoms with Gasteiger partial charge in [0.1, 0.15) is 6.61 Å². The van der Waals surface area contributed by atoms with E-state index < -0.39 is 13.1 Å². The summed E-state index contributed by atoms with van der Waals surface area (Å²) in [5, 5.41) is 26.4. The number of hydrogen-bond acceptors (Lipinski definition) is 8. The van der Waals surface area contributed by atoms with Gasteiger partial charge in [-0.1, -0.05) is 12.1 Å². The number of hydrogen-bond donors (Lipinski definition) is 3. The normalized spacial score (nSPS) is 10.6. The average molecular weight is 342 g/mol. The van der Waals surface area contributed by atoms with Gasteiger partial charge in [0.2, 0.25) is 0 Å². The van der Waals surface area contributed by atoms with Crippen LogP contribution in [0, 0.1) is 0 Å². The smallest absolute Gasteiger partial charge is 0.460 e. The first kappa shape index (κ1) is 20.6. The van der Waals surface area contributed by atoms with Crippen molar-refractivity contribution >= 4 is 18.6 Å². The quantitative estimate of drug-likeness (QED) is 0.227. The Labute approximate surface area is 141 Å². The summed E-state index contributed by atoms with van der Waals surface area (Å²) in [4.78, 5) is 11.7. The molecule has 0 aliphatic carbocycles. The summed E-state index contributed by atoms with van der Waals surface area (Å²) in [6.45, 7) is 2.29. The van der Waals surface area contributed by atoms with Crippen molar-refractivity contribution in [2.45, 2.75) is 0 Å². The van der Waals surface area contributed by atoms with Crippen LogP contribution >= 0.6 is 0 Å². The second-order valence-electron chi connectivity index (χ2n) is 4.69. The minimum absolute atomic E-state index is 0.00460. The van der Waals surface area contributed by atoms with Crippen molar-refractivity contribution in [2.75, 3.05) is 52.9 Å². The van der Waals surface area contributed by atoms with Gasteiger partial charge in [-0.15, -0.1) is 0 Å². The van der Waals surface area contributed by atoms with Crippen LogP contribution in [0.1, 0.15) is 10.4 Å². The number of carbonyl (C=O) groups excluding carboxylic acids is 1. The molecule has 0 amide bonds. The van der Waals surface area contributed by atoms with Gasteiger partial charge in [0.05, 0.1) is 51.8 Å². The average Bonchev–Trinajstić information content (AvgIpc) is 2.59. The number of esters is 1. The van der Waals surface area contributed by atoms with Gasteiger partial charge in [0.15, 0.2) is 0 Å². The highest BCUT2D eigenvalue weighted by molar-refractivity contribution is 6.58. The number of ether oxygens (including phenoxy) is 4. The van der Waals surface area contributed by atoms with E-state index in [1.807, 2.05) is 0 Å². The lowest BCUT2D eigenvalue weighted by Gasteiger charge is -2.07. The van der Waals surface area contributed by atoms with E-state index >= 15 is 0 Å². The summed E-state index contributed by atoms with van der Waals surface area (Å²) in [5.74, 6) is -0.505. The first-order valence-electron chi connectivity index (χ1n) is 7.62. The zero-order chi connectivity index (χ0) is 17.6. The number of benzene rings is 1. The highest BCUT2D eigenvalue weighted by Crippen LogP contribution is 2.00. The summed E-state index contributed by atoms with van der Waals surface area (Å²) in [5.41, 5.74) is 0.627. The lowest BCUT2D eigenvalue weighted by atomic mass is 9.80. The monoisotopic (exact) mass is 342 g/mol. The summed E-state index contributed by atoms with van der Waals surface area (Å²) in [7, 11) is -1.56. The van der Waals surface area contributed by atoms with E-state index in [1.54, 1.807) is 0 Å². The molecule has 0 unspecified atom stereocenters. The third kappa shape index (κ3) is 8.97. The molecular weight excluding hydrogens is 319 g/mol. The Morgan fingerprint density at radius 3 is 1.83 bits per heavy atom. The first-order chi connectivity index (χ1) is 11.6. The van der Waals surface area contributed by atoms with Crippen molar-refractivity contribution in [3.05, 3.63) is 29.8 Å². The third-order valence-electron chi connectivity index (χ3n) is 2.88. The van der Waals surface area contributed by atoms with Crippen molar-refractivity contribution in [1.29, 1.82) is 0 Å². The molecule has 0 atom stereocenters. The van der Waals surface area contributed by atoms with Crippen molar-refractivity contribution in [2.24, 2.45) is 0 Å². The molecule has 134 valence electrons. The van der Waals surface area contributed by atoms with Crippen molar-refractivity contribution in [1.82, 2.24) is 0 Å². The lowest BCUT2D eigenvalue weighted by Crippen LogP contribution is -2.29. The van der Waals surface area contributed by atoms with Gasteiger partial charge in [-0.2, -0.15) is 0 Å². The maximum Gasteiger partial charge on any atom is 0.488 e. The Morgan fingerprint density at radius 1 is 0.833 bits per heavy atom. The molecule has 0 saturated carbocycles. The zero-order valence-corrected chi connectivity index (χ0v) is 13.4. The molecule has 0 fully saturated rings. The van der Waals surface area contributed by atoms with E-state index in [0.717, 1.165) is 0 Å². The fourth-order valence-electron chi connectivity index (χ4n) is 1.67. The molecule has 0 saturated heterocycles. The minimum Gasteiger partial charge on any atom is -0.460 e. The van der Waals surface area contributed by atoms with Crippen LogP contribution in [-0.2, 0) is 18.9 Å². The SMILES string of the molecule is O=C(OCCOCCOCCOCCO)c1ccc(B(O)O)cc1. The van der Waals surface area contributed by atoms with Crippen LogP contribution in [0.15, 0.2) is 24.3 Å². The maximum atomic E-state index is 11.7. The second kappa shape index (κ2) is 12.9. The first-order valence-corrected chi connectivity index (χ1v) is 7.62. The largest absolute Gasteiger partial charge is 0.488 e. The zero-order valence-electron chi connectivity index (χ0n) is 13.4. The van der Waals surface area contributed by atoms with Crippen LogP contribution in [0.25, 0.3) is 0 Å². The third-order valence-corrected chi connectivity index (χ3v) is 2.88. The molecule has 0 radical (unpaired) electrons. The van der Waals surface area contributed by atoms with Crippen LogP contribution in [0.4, 0.5) is 0 Å². The standard InChI is InChI=1S/C15H23BO8/c17-5-6-21-7-8-22-9-10-23-11-12-24-15(18)13-1-3-14(4-2-13)16(19)20/h1-4,17,19-20H,5-12H2. The Balaban J connectivity index is 2.01. The number of rotatable bonds is 13. The molecule has 1 rings (SSSR count). The highest BCUT2D eigenvalue weighted by Gasteiger charge is 2.12. The van der Waals surface area contributed by atoms with Gasteiger partial charge in [0.25, 0.3) is 0 Å². The van der Waals surface area contributed by atoms with Crippen molar-refractivity contribution < 1.29 is 38.9 Å². The Bertz CT molecular complexity index is 451. The second-order valence-corrected chi connectivity index (χ2v) is 4.69. The van der Waals surface area contributed by atoms with E-state index in [2.05, 4.69) is 0 Å². The number of aliphatic hydroxyl groups is 1. The van der Waals surface area contributed by atoms with Crippen LogP contribution in [0.3, 0.4) is 0 Å². The molecule has 0 aromatic heterocycles. The number of carbonyl (C=O) groups is 1. The molecule has 3 N–H and O–H groups in total. The fraction of sp³-hybridized carbons (Fsp3) is 0.533.